The molecule has 0 aromatic carbocycles. The van der Waals surface area contributed by atoms with E-state index < -0.39 is 11.9 Å². The summed E-state index contributed by atoms with van der Waals surface area (Å²) in [4.78, 5) is 21.7. The van der Waals surface area contributed by atoms with E-state index in [9.17, 15) is 9.59 Å². The van der Waals surface area contributed by atoms with Gasteiger partial charge in [-0.1, -0.05) is 27.7 Å². The standard InChI is InChI=1S/C10H16O4.2Na/c1-5(2)7(9(11)12)8(6(3)4)10(13)14;;/h5-6H,1-4H3,(H,11,12)(H,13,14);;. The van der Waals surface area contributed by atoms with Crippen LogP contribution in [-0.4, -0.2) is 81.3 Å². The maximum atomic E-state index is 10.9. The van der Waals surface area contributed by atoms with E-state index in [2.05, 4.69) is 0 Å². The average molecular weight is 246 g/mol. The van der Waals surface area contributed by atoms with Crippen LogP contribution in [0.4, 0.5) is 0 Å². The minimum Gasteiger partial charge on any atom is -0.478 e. The molecule has 4 nitrogen and oxygen atoms in total. The van der Waals surface area contributed by atoms with Gasteiger partial charge in [0.05, 0.1) is 11.1 Å². The van der Waals surface area contributed by atoms with Crippen LogP contribution < -0.4 is 0 Å². The van der Waals surface area contributed by atoms with E-state index in [-0.39, 0.29) is 82.1 Å². The van der Waals surface area contributed by atoms with E-state index in [1.807, 2.05) is 0 Å². The van der Waals surface area contributed by atoms with Crippen molar-refractivity contribution in [2.24, 2.45) is 11.8 Å². The zero-order valence-electron chi connectivity index (χ0n) is 10.9. The number of aliphatic carboxylic acids is 2. The van der Waals surface area contributed by atoms with E-state index in [1.165, 1.54) is 0 Å². The van der Waals surface area contributed by atoms with E-state index >= 15 is 0 Å². The molecule has 2 N–H and O–H groups in total. The van der Waals surface area contributed by atoms with Gasteiger partial charge in [0.25, 0.3) is 0 Å². The zero-order valence-corrected chi connectivity index (χ0v) is 14.9. The summed E-state index contributed by atoms with van der Waals surface area (Å²) in [6.45, 7) is 6.70. The van der Waals surface area contributed by atoms with E-state index in [4.69, 9.17) is 10.2 Å². The van der Waals surface area contributed by atoms with Crippen LogP contribution in [0.15, 0.2) is 11.1 Å². The van der Waals surface area contributed by atoms with Crippen LogP contribution in [0.3, 0.4) is 0 Å². The fraction of sp³-hybridized carbons (Fsp3) is 0.600. The van der Waals surface area contributed by atoms with Crippen molar-refractivity contribution in [1.82, 2.24) is 0 Å². The molecule has 0 aromatic heterocycles. The van der Waals surface area contributed by atoms with Crippen LogP contribution in [0.5, 0.6) is 0 Å². The minimum absolute atomic E-state index is 0. The first kappa shape index (κ1) is 21.9. The summed E-state index contributed by atoms with van der Waals surface area (Å²) in [5.74, 6) is -2.88. The zero-order chi connectivity index (χ0) is 11.5. The molecule has 0 heterocycles. The summed E-state index contributed by atoms with van der Waals surface area (Å²) in [5, 5.41) is 17.8. The van der Waals surface area contributed by atoms with Crippen molar-refractivity contribution < 1.29 is 19.8 Å². The Balaban J connectivity index is -0.000000845. The molecule has 82 valence electrons. The van der Waals surface area contributed by atoms with Crippen molar-refractivity contribution in [2.75, 3.05) is 0 Å². The largest absolute Gasteiger partial charge is 0.478 e. The van der Waals surface area contributed by atoms with Crippen molar-refractivity contribution >= 4 is 71.1 Å². The number of carbonyl (C=O) groups is 2. The second kappa shape index (κ2) is 9.68. The Hall–Kier alpha value is 0.680. The summed E-state index contributed by atoms with van der Waals surface area (Å²) in [5.41, 5.74) is -0.0139. The molecule has 0 aliphatic carbocycles. The Morgan fingerprint density at radius 1 is 0.750 bits per heavy atom. The summed E-state index contributed by atoms with van der Waals surface area (Å²) < 4.78 is 0. The molecule has 0 rings (SSSR count). The summed E-state index contributed by atoms with van der Waals surface area (Å²) in [6, 6.07) is 0. The molecule has 0 bridgehead atoms. The van der Waals surface area contributed by atoms with Crippen LogP contribution in [0.1, 0.15) is 27.7 Å². The third-order valence-corrected chi connectivity index (χ3v) is 1.91. The molecule has 0 aliphatic heterocycles. The predicted octanol–water partition coefficient (Wildman–Crippen LogP) is 1.00. The molecule has 0 fully saturated rings. The maximum Gasteiger partial charge on any atom is 0.332 e. The van der Waals surface area contributed by atoms with Crippen LogP contribution in [0.2, 0.25) is 0 Å². The van der Waals surface area contributed by atoms with Gasteiger partial charge in [0.2, 0.25) is 0 Å². The van der Waals surface area contributed by atoms with Crippen molar-refractivity contribution in [3.63, 3.8) is 0 Å². The van der Waals surface area contributed by atoms with Gasteiger partial charge in [0.15, 0.2) is 0 Å². The maximum absolute atomic E-state index is 10.9. The van der Waals surface area contributed by atoms with Crippen molar-refractivity contribution in [3.05, 3.63) is 11.1 Å². The quantitative estimate of drug-likeness (QED) is 0.573. The van der Waals surface area contributed by atoms with Gasteiger partial charge in [-0.05, 0) is 11.8 Å². The molecular weight excluding hydrogens is 230 g/mol. The molecule has 0 spiro atoms. The predicted molar refractivity (Wildman–Crippen MR) is 63.5 cm³/mol. The molecule has 0 aliphatic rings. The smallest absolute Gasteiger partial charge is 0.332 e. The normalized spacial score (nSPS) is 11.4. The van der Waals surface area contributed by atoms with Gasteiger partial charge in [0.1, 0.15) is 0 Å². The fourth-order valence-corrected chi connectivity index (χ4v) is 1.35. The van der Waals surface area contributed by atoms with E-state index in [0.717, 1.165) is 0 Å². The van der Waals surface area contributed by atoms with Crippen LogP contribution in [0.25, 0.3) is 0 Å². The van der Waals surface area contributed by atoms with E-state index in [0.29, 0.717) is 0 Å². The molecular formula is C10H16Na2O4. The molecule has 0 amide bonds. The van der Waals surface area contributed by atoms with Gasteiger partial charge >= 0.3 is 11.9 Å². The molecule has 2 radical (unpaired) electrons. The van der Waals surface area contributed by atoms with Crippen LogP contribution in [0, 0.1) is 11.8 Å². The Bertz CT molecular complexity index is 255. The molecule has 0 saturated carbocycles. The Morgan fingerprint density at radius 2 is 0.938 bits per heavy atom. The second-order valence-electron chi connectivity index (χ2n) is 3.75. The molecule has 0 aromatic rings. The third-order valence-electron chi connectivity index (χ3n) is 1.91. The van der Waals surface area contributed by atoms with Gasteiger partial charge in [-0.2, -0.15) is 0 Å². The average Bonchev–Trinajstić information content (AvgIpc) is 1.96. The Morgan fingerprint density at radius 3 is 1.00 bits per heavy atom. The van der Waals surface area contributed by atoms with Crippen molar-refractivity contribution in [3.8, 4) is 0 Å². The van der Waals surface area contributed by atoms with Gasteiger partial charge < -0.3 is 10.2 Å². The molecule has 0 unspecified atom stereocenters. The summed E-state index contributed by atoms with van der Waals surface area (Å²) in [7, 11) is 0. The first-order valence-electron chi connectivity index (χ1n) is 4.49. The minimum atomic E-state index is -1.15. The number of hydrogen-bond acceptors (Lipinski definition) is 2. The SMILES string of the molecule is CC(C)C(C(=O)O)=C(C(=O)O)C(C)C.[Na].[Na]. The fourth-order valence-electron chi connectivity index (χ4n) is 1.35. The van der Waals surface area contributed by atoms with Gasteiger partial charge in [-0.3, -0.25) is 0 Å². The number of rotatable bonds is 4. The molecule has 0 atom stereocenters. The monoisotopic (exact) mass is 246 g/mol. The number of hydrogen-bond donors (Lipinski definition) is 2. The molecule has 0 saturated heterocycles. The Labute approximate surface area is 140 Å². The first-order valence-corrected chi connectivity index (χ1v) is 4.49. The van der Waals surface area contributed by atoms with Gasteiger partial charge in [-0.15, -0.1) is 0 Å². The van der Waals surface area contributed by atoms with Crippen molar-refractivity contribution in [1.29, 1.82) is 0 Å². The van der Waals surface area contributed by atoms with Crippen LogP contribution >= 0.6 is 0 Å². The summed E-state index contributed by atoms with van der Waals surface area (Å²) in [6.07, 6.45) is 0. The third kappa shape index (κ3) is 6.42. The number of carboxylic acid groups (broad SMARTS) is 2. The van der Waals surface area contributed by atoms with Gasteiger partial charge in [0, 0.05) is 59.1 Å². The second-order valence-corrected chi connectivity index (χ2v) is 3.75. The van der Waals surface area contributed by atoms with Crippen molar-refractivity contribution in [2.45, 2.75) is 27.7 Å². The number of carboxylic acids is 2. The van der Waals surface area contributed by atoms with Gasteiger partial charge in [-0.25, -0.2) is 9.59 Å². The molecule has 16 heavy (non-hydrogen) atoms. The van der Waals surface area contributed by atoms with E-state index in [1.54, 1.807) is 27.7 Å². The molecule has 6 heteroatoms. The van der Waals surface area contributed by atoms with Crippen LogP contribution in [-0.2, 0) is 9.59 Å². The summed E-state index contributed by atoms with van der Waals surface area (Å²) >= 11 is 0. The topological polar surface area (TPSA) is 74.6 Å². The first-order chi connectivity index (χ1) is 6.29. The Kier molecular flexibility index (Phi) is 13.3.